The van der Waals surface area contributed by atoms with E-state index in [-0.39, 0.29) is 0 Å². The van der Waals surface area contributed by atoms with E-state index in [0.29, 0.717) is 0 Å². The van der Waals surface area contributed by atoms with Gasteiger partial charge in [-0.15, -0.1) is 0 Å². The SMILES string of the molecule is Cc1nc(Nc2ccc3[nH]ncc3c2)cc(N(C)C)n1. The molecule has 0 bridgehead atoms. The third kappa shape index (κ3) is 2.40. The Labute approximate surface area is 116 Å². The predicted molar refractivity (Wildman–Crippen MR) is 80.5 cm³/mol. The molecule has 2 N–H and O–H groups in total. The molecular weight excluding hydrogens is 252 g/mol. The molecular formula is C14H16N6. The van der Waals surface area contributed by atoms with Crippen molar-refractivity contribution < 1.29 is 0 Å². The van der Waals surface area contributed by atoms with E-state index in [4.69, 9.17) is 0 Å². The highest BCUT2D eigenvalue weighted by Crippen LogP contribution is 2.21. The maximum Gasteiger partial charge on any atom is 0.136 e. The van der Waals surface area contributed by atoms with Crippen molar-refractivity contribution in [3.05, 3.63) is 36.3 Å². The van der Waals surface area contributed by atoms with E-state index >= 15 is 0 Å². The summed E-state index contributed by atoms with van der Waals surface area (Å²) in [5.74, 6) is 2.40. The molecule has 0 aliphatic rings. The van der Waals surface area contributed by atoms with Crippen molar-refractivity contribution >= 4 is 28.2 Å². The summed E-state index contributed by atoms with van der Waals surface area (Å²) >= 11 is 0. The number of benzene rings is 1. The second kappa shape index (κ2) is 4.80. The van der Waals surface area contributed by atoms with Crippen LogP contribution in [0, 0.1) is 6.92 Å². The maximum atomic E-state index is 4.41. The fraction of sp³-hybridized carbons (Fsp3) is 0.214. The molecule has 0 unspecified atom stereocenters. The van der Waals surface area contributed by atoms with E-state index in [1.54, 1.807) is 6.20 Å². The van der Waals surface area contributed by atoms with Gasteiger partial charge >= 0.3 is 0 Å². The number of nitrogens with one attached hydrogen (secondary N) is 2. The molecule has 2 heterocycles. The molecule has 0 saturated heterocycles. The fourth-order valence-electron chi connectivity index (χ4n) is 2.01. The van der Waals surface area contributed by atoms with Crippen molar-refractivity contribution in [1.29, 1.82) is 0 Å². The normalized spacial score (nSPS) is 10.8. The standard InChI is InChI=1S/C14H16N6/c1-9-16-13(7-14(17-9)20(2)3)18-11-4-5-12-10(6-11)8-15-19-12/h4-8H,1-3H3,(H,15,19)(H,16,17,18). The molecule has 6 heteroatoms. The smallest absolute Gasteiger partial charge is 0.136 e. The van der Waals surface area contributed by atoms with Crippen molar-refractivity contribution in [2.75, 3.05) is 24.3 Å². The van der Waals surface area contributed by atoms with Crippen molar-refractivity contribution in [3.63, 3.8) is 0 Å². The Kier molecular flexibility index (Phi) is 2.98. The lowest BCUT2D eigenvalue weighted by Crippen LogP contribution is -2.12. The summed E-state index contributed by atoms with van der Waals surface area (Å²) in [7, 11) is 3.92. The Morgan fingerprint density at radius 2 is 2.00 bits per heavy atom. The Bertz CT molecular complexity index is 746. The van der Waals surface area contributed by atoms with Gasteiger partial charge in [-0.05, 0) is 25.1 Å². The summed E-state index contributed by atoms with van der Waals surface area (Å²) in [6.07, 6.45) is 1.80. The van der Waals surface area contributed by atoms with Crippen LogP contribution in [0.1, 0.15) is 5.82 Å². The number of anilines is 3. The lowest BCUT2D eigenvalue weighted by molar-refractivity contribution is 0.991. The molecule has 3 aromatic rings. The Morgan fingerprint density at radius 3 is 2.80 bits per heavy atom. The van der Waals surface area contributed by atoms with Crippen LogP contribution in [-0.2, 0) is 0 Å². The quantitative estimate of drug-likeness (QED) is 0.763. The second-order valence-corrected chi connectivity index (χ2v) is 4.85. The van der Waals surface area contributed by atoms with Crippen LogP contribution in [-0.4, -0.2) is 34.3 Å². The van der Waals surface area contributed by atoms with Crippen LogP contribution >= 0.6 is 0 Å². The first-order valence-electron chi connectivity index (χ1n) is 6.35. The first kappa shape index (κ1) is 12.4. The van der Waals surface area contributed by atoms with Gasteiger partial charge in [0.15, 0.2) is 0 Å². The van der Waals surface area contributed by atoms with Crippen LogP contribution in [0.4, 0.5) is 17.3 Å². The van der Waals surface area contributed by atoms with Crippen molar-refractivity contribution in [2.24, 2.45) is 0 Å². The number of fused-ring (bicyclic) bond motifs is 1. The molecule has 0 fully saturated rings. The molecule has 6 nitrogen and oxygen atoms in total. The van der Waals surface area contributed by atoms with Gasteiger partial charge in [0.05, 0.1) is 11.7 Å². The highest BCUT2D eigenvalue weighted by molar-refractivity contribution is 5.82. The van der Waals surface area contributed by atoms with E-state index < -0.39 is 0 Å². The van der Waals surface area contributed by atoms with Gasteiger partial charge in [0.25, 0.3) is 0 Å². The van der Waals surface area contributed by atoms with Crippen molar-refractivity contribution in [1.82, 2.24) is 20.2 Å². The number of aromatic nitrogens is 4. The van der Waals surface area contributed by atoms with Crippen LogP contribution in [0.25, 0.3) is 10.9 Å². The van der Waals surface area contributed by atoms with Gasteiger partial charge < -0.3 is 10.2 Å². The summed E-state index contributed by atoms with van der Waals surface area (Å²) in [5.41, 5.74) is 1.99. The molecule has 2 aromatic heterocycles. The van der Waals surface area contributed by atoms with Crippen LogP contribution in [0.2, 0.25) is 0 Å². The highest BCUT2D eigenvalue weighted by Gasteiger charge is 2.05. The molecule has 1 aromatic carbocycles. The summed E-state index contributed by atoms with van der Waals surface area (Å²) in [5, 5.41) is 11.3. The lowest BCUT2D eigenvalue weighted by atomic mass is 10.2. The maximum absolute atomic E-state index is 4.41. The van der Waals surface area contributed by atoms with Gasteiger partial charge in [-0.1, -0.05) is 0 Å². The molecule has 0 spiro atoms. The minimum absolute atomic E-state index is 0.739. The Balaban J connectivity index is 1.93. The average molecular weight is 268 g/mol. The minimum atomic E-state index is 0.739. The number of H-pyrrole nitrogens is 1. The van der Waals surface area contributed by atoms with Crippen molar-refractivity contribution in [3.8, 4) is 0 Å². The average Bonchev–Trinajstić information content (AvgIpc) is 2.85. The van der Waals surface area contributed by atoms with Gasteiger partial charge in [-0.2, -0.15) is 5.10 Å². The molecule has 0 saturated carbocycles. The zero-order chi connectivity index (χ0) is 14.1. The molecule has 0 atom stereocenters. The van der Waals surface area contributed by atoms with E-state index in [9.17, 15) is 0 Å². The molecule has 20 heavy (non-hydrogen) atoms. The molecule has 102 valence electrons. The topological polar surface area (TPSA) is 69.7 Å². The van der Waals surface area contributed by atoms with E-state index in [0.717, 1.165) is 34.1 Å². The summed E-state index contributed by atoms with van der Waals surface area (Å²) in [6.45, 7) is 1.89. The number of hydrogen-bond donors (Lipinski definition) is 2. The largest absolute Gasteiger partial charge is 0.363 e. The van der Waals surface area contributed by atoms with Gasteiger partial charge in [0.2, 0.25) is 0 Å². The van der Waals surface area contributed by atoms with Crippen molar-refractivity contribution in [2.45, 2.75) is 6.92 Å². The van der Waals surface area contributed by atoms with Gasteiger partial charge in [0.1, 0.15) is 17.5 Å². The van der Waals surface area contributed by atoms with Gasteiger partial charge in [-0.25, -0.2) is 9.97 Å². The Hall–Kier alpha value is -2.63. The zero-order valence-electron chi connectivity index (χ0n) is 11.7. The third-order valence-electron chi connectivity index (χ3n) is 3.00. The van der Waals surface area contributed by atoms with Crippen LogP contribution in [0.3, 0.4) is 0 Å². The van der Waals surface area contributed by atoms with Gasteiger partial charge in [-0.3, -0.25) is 5.10 Å². The van der Waals surface area contributed by atoms with E-state index in [2.05, 4.69) is 25.5 Å². The van der Waals surface area contributed by atoms with E-state index in [1.165, 1.54) is 0 Å². The molecule has 0 amide bonds. The molecule has 0 radical (unpaired) electrons. The first-order valence-corrected chi connectivity index (χ1v) is 6.35. The second-order valence-electron chi connectivity index (χ2n) is 4.85. The van der Waals surface area contributed by atoms with Gasteiger partial charge in [0, 0.05) is 31.2 Å². The number of hydrogen-bond acceptors (Lipinski definition) is 5. The summed E-state index contributed by atoms with van der Waals surface area (Å²) < 4.78 is 0. The number of aryl methyl sites for hydroxylation is 1. The molecule has 0 aliphatic heterocycles. The monoisotopic (exact) mass is 268 g/mol. The zero-order valence-corrected chi connectivity index (χ0v) is 11.7. The fourth-order valence-corrected chi connectivity index (χ4v) is 2.01. The highest BCUT2D eigenvalue weighted by atomic mass is 15.2. The van der Waals surface area contributed by atoms with Crippen LogP contribution in [0.5, 0.6) is 0 Å². The molecule has 3 rings (SSSR count). The third-order valence-corrected chi connectivity index (χ3v) is 3.00. The predicted octanol–water partition coefficient (Wildman–Crippen LogP) is 2.47. The molecule has 0 aliphatic carbocycles. The Morgan fingerprint density at radius 1 is 1.15 bits per heavy atom. The first-order chi connectivity index (χ1) is 9.61. The number of aromatic amines is 1. The van der Waals surface area contributed by atoms with E-state index in [1.807, 2.05) is 50.2 Å². The van der Waals surface area contributed by atoms with Crippen LogP contribution < -0.4 is 10.2 Å². The summed E-state index contributed by atoms with van der Waals surface area (Å²) in [6, 6.07) is 7.94. The summed E-state index contributed by atoms with van der Waals surface area (Å²) in [4.78, 5) is 10.7. The minimum Gasteiger partial charge on any atom is -0.363 e. The lowest BCUT2D eigenvalue weighted by Gasteiger charge is -2.14. The number of rotatable bonds is 3. The number of nitrogens with zero attached hydrogens (tertiary/aromatic N) is 4. The van der Waals surface area contributed by atoms with Crippen LogP contribution in [0.15, 0.2) is 30.5 Å².